The molecule has 1 saturated carbocycles. The summed E-state index contributed by atoms with van der Waals surface area (Å²) >= 11 is 1.52. The van der Waals surface area contributed by atoms with Crippen molar-refractivity contribution in [2.75, 3.05) is 0 Å². The molecule has 4 rings (SSSR count). The largest absolute Gasteiger partial charge is 0.461 e. The second kappa shape index (κ2) is 10.8. The SMILES string of the molecule is CC(C)(C)c1ccc(-c2nnc(SCc3ccc(OC(F)(F)C(F)F)cc3)n2C2CCCCC2)cc1. The van der Waals surface area contributed by atoms with Crippen LogP contribution < -0.4 is 4.74 Å². The van der Waals surface area contributed by atoms with E-state index < -0.39 is 12.5 Å². The van der Waals surface area contributed by atoms with Gasteiger partial charge >= 0.3 is 12.5 Å². The molecule has 0 saturated heterocycles. The maximum Gasteiger partial charge on any atom is 0.461 e. The minimum atomic E-state index is -4.52. The highest BCUT2D eigenvalue weighted by Crippen LogP contribution is 2.37. The molecule has 0 unspecified atom stereocenters. The Morgan fingerprint density at radius 2 is 1.58 bits per heavy atom. The molecule has 1 aromatic heterocycles. The second-order valence-corrected chi connectivity index (χ2v) is 11.1. The van der Waals surface area contributed by atoms with Crippen molar-refractivity contribution in [2.24, 2.45) is 0 Å². The Bertz CT molecular complexity index is 1140. The number of rotatable bonds is 8. The van der Waals surface area contributed by atoms with Gasteiger partial charge in [0.25, 0.3) is 0 Å². The van der Waals surface area contributed by atoms with E-state index in [1.807, 2.05) is 0 Å². The first kappa shape index (κ1) is 26.5. The van der Waals surface area contributed by atoms with E-state index >= 15 is 0 Å². The van der Waals surface area contributed by atoms with Crippen LogP contribution in [0.25, 0.3) is 11.4 Å². The number of thioether (sulfide) groups is 1. The van der Waals surface area contributed by atoms with E-state index in [4.69, 9.17) is 0 Å². The fourth-order valence-corrected chi connectivity index (χ4v) is 5.32. The summed E-state index contributed by atoms with van der Waals surface area (Å²) in [5.41, 5.74) is 3.17. The smallest absolute Gasteiger partial charge is 0.428 e. The van der Waals surface area contributed by atoms with E-state index in [2.05, 4.69) is 64.5 Å². The van der Waals surface area contributed by atoms with E-state index in [-0.39, 0.29) is 11.2 Å². The normalized spacial score (nSPS) is 15.4. The molecule has 1 aliphatic rings. The first-order chi connectivity index (χ1) is 17.0. The molecule has 0 aliphatic heterocycles. The van der Waals surface area contributed by atoms with Crippen LogP contribution in [0.3, 0.4) is 0 Å². The van der Waals surface area contributed by atoms with Crippen LogP contribution in [0, 0.1) is 0 Å². The fraction of sp³-hybridized carbons (Fsp3) is 0.481. The van der Waals surface area contributed by atoms with E-state index in [1.54, 1.807) is 12.1 Å². The lowest BCUT2D eigenvalue weighted by atomic mass is 9.86. The predicted molar refractivity (Wildman–Crippen MR) is 134 cm³/mol. The molecule has 4 nitrogen and oxygen atoms in total. The summed E-state index contributed by atoms with van der Waals surface area (Å²) in [6.07, 6.45) is -2.70. The van der Waals surface area contributed by atoms with Crippen LogP contribution in [0.5, 0.6) is 5.75 Å². The monoisotopic (exact) mass is 521 g/mol. The highest BCUT2D eigenvalue weighted by molar-refractivity contribution is 7.98. The topological polar surface area (TPSA) is 39.9 Å². The lowest BCUT2D eigenvalue weighted by Crippen LogP contribution is -2.33. The second-order valence-electron chi connectivity index (χ2n) is 10.2. The molecule has 1 aliphatic carbocycles. The molecule has 3 aromatic rings. The Morgan fingerprint density at radius 3 is 2.17 bits per heavy atom. The third kappa shape index (κ3) is 6.22. The van der Waals surface area contributed by atoms with E-state index in [9.17, 15) is 17.6 Å². The molecule has 0 spiro atoms. The Morgan fingerprint density at radius 1 is 0.944 bits per heavy atom. The van der Waals surface area contributed by atoms with Gasteiger partial charge in [-0.05, 0) is 41.5 Å². The Balaban J connectivity index is 1.53. The van der Waals surface area contributed by atoms with Gasteiger partial charge in [-0.15, -0.1) is 10.2 Å². The first-order valence-electron chi connectivity index (χ1n) is 12.2. The molecule has 36 heavy (non-hydrogen) atoms. The summed E-state index contributed by atoms with van der Waals surface area (Å²) in [4.78, 5) is 0. The van der Waals surface area contributed by atoms with Gasteiger partial charge in [0, 0.05) is 17.4 Å². The molecule has 0 radical (unpaired) electrons. The first-order valence-corrected chi connectivity index (χ1v) is 13.2. The maximum absolute atomic E-state index is 13.2. The zero-order valence-corrected chi connectivity index (χ0v) is 21.5. The van der Waals surface area contributed by atoms with Crippen molar-refractivity contribution in [2.45, 2.75) is 87.8 Å². The van der Waals surface area contributed by atoms with Gasteiger partial charge in [-0.1, -0.05) is 88.2 Å². The van der Waals surface area contributed by atoms with Crippen LogP contribution in [-0.2, 0) is 11.2 Å². The summed E-state index contributed by atoms with van der Waals surface area (Å²) in [6.45, 7) is 6.55. The third-order valence-corrected chi connectivity index (χ3v) is 7.43. The standard InChI is InChI=1S/C27H31F4N3OS/c1-26(2,3)20-13-11-19(12-14-20)23-32-33-25(34(23)21-7-5-4-6-8-21)36-17-18-9-15-22(16-10-18)35-27(30,31)24(28)29/h9-16,21,24H,4-8,17H2,1-3H3. The van der Waals surface area contributed by atoms with E-state index in [0.29, 0.717) is 11.8 Å². The molecule has 1 heterocycles. The number of halogens is 4. The summed E-state index contributed by atoms with van der Waals surface area (Å²) in [7, 11) is 0. The van der Waals surface area contributed by atoms with Crippen molar-refractivity contribution in [3.8, 4) is 17.1 Å². The molecular weight excluding hydrogens is 490 g/mol. The van der Waals surface area contributed by atoms with Gasteiger partial charge in [0.15, 0.2) is 11.0 Å². The molecule has 9 heteroatoms. The van der Waals surface area contributed by atoms with Crippen LogP contribution in [-0.4, -0.2) is 27.3 Å². The molecule has 0 amide bonds. The minimum Gasteiger partial charge on any atom is -0.428 e. The van der Waals surface area contributed by atoms with Crippen LogP contribution in [0.15, 0.2) is 53.7 Å². The average Bonchev–Trinajstić information content (AvgIpc) is 3.27. The highest BCUT2D eigenvalue weighted by atomic mass is 32.2. The summed E-state index contributed by atoms with van der Waals surface area (Å²) in [6, 6.07) is 14.6. The van der Waals surface area contributed by atoms with Crippen molar-refractivity contribution in [1.29, 1.82) is 0 Å². The summed E-state index contributed by atoms with van der Waals surface area (Å²) in [5.74, 6) is 1.07. The molecular formula is C27H31F4N3OS. The molecule has 1 fully saturated rings. The van der Waals surface area contributed by atoms with Crippen molar-refractivity contribution in [3.63, 3.8) is 0 Å². The molecule has 194 valence electrons. The maximum atomic E-state index is 13.2. The van der Waals surface area contributed by atoms with E-state index in [1.165, 1.54) is 48.7 Å². The fourth-order valence-electron chi connectivity index (χ4n) is 4.36. The van der Waals surface area contributed by atoms with Gasteiger partial charge < -0.3 is 4.74 Å². The van der Waals surface area contributed by atoms with E-state index in [0.717, 1.165) is 34.9 Å². The lowest BCUT2D eigenvalue weighted by molar-refractivity contribution is -0.253. The zero-order valence-electron chi connectivity index (χ0n) is 20.7. The Labute approximate surface area is 213 Å². The average molecular weight is 522 g/mol. The van der Waals surface area contributed by atoms with Crippen LogP contribution in [0.4, 0.5) is 17.6 Å². The molecule has 0 N–H and O–H groups in total. The van der Waals surface area contributed by atoms with Crippen LogP contribution >= 0.6 is 11.8 Å². The highest BCUT2D eigenvalue weighted by Gasteiger charge is 2.43. The number of alkyl halides is 4. The zero-order chi connectivity index (χ0) is 25.9. The van der Waals surface area contributed by atoms with Gasteiger partial charge in [-0.25, -0.2) is 0 Å². The molecule has 0 atom stereocenters. The predicted octanol–water partition coefficient (Wildman–Crippen LogP) is 8.28. The number of benzene rings is 2. The molecule has 0 bridgehead atoms. The van der Waals surface area contributed by atoms with Gasteiger partial charge in [0.05, 0.1) is 0 Å². The quantitative estimate of drug-likeness (QED) is 0.221. The minimum absolute atomic E-state index is 0.0620. The Hall–Kier alpha value is -2.55. The van der Waals surface area contributed by atoms with Crippen molar-refractivity contribution in [1.82, 2.24) is 14.8 Å². The van der Waals surface area contributed by atoms with Gasteiger partial charge in [-0.2, -0.15) is 17.6 Å². The third-order valence-electron chi connectivity index (χ3n) is 6.41. The number of hydrogen-bond donors (Lipinski definition) is 0. The lowest BCUT2D eigenvalue weighted by Gasteiger charge is -2.26. The number of nitrogens with zero attached hydrogens (tertiary/aromatic N) is 3. The van der Waals surface area contributed by atoms with Crippen LogP contribution in [0.1, 0.15) is 70.0 Å². The van der Waals surface area contributed by atoms with Gasteiger partial charge in [0.2, 0.25) is 0 Å². The van der Waals surface area contributed by atoms with Gasteiger partial charge in [-0.3, -0.25) is 4.57 Å². The van der Waals surface area contributed by atoms with Crippen molar-refractivity contribution < 1.29 is 22.3 Å². The molecule has 2 aromatic carbocycles. The number of hydrogen-bond acceptors (Lipinski definition) is 4. The van der Waals surface area contributed by atoms with Gasteiger partial charge in [0.1, 0.15) is 5.75 Å². The number of ether oxygens (including phenoxy) is 1. The Kier molecular flexibility index (Phi) is 7.97. The summed E-state index contributed by atoms with van der Waals surface area (Å²) < 4.78 is 57.5. The van der Waals surface area contributed by atoms with Crippen LogP contribution in [0.2, 0.25) is 0 Å². The van der Waals surface area contributed by atoms with Crippen molar-refractivity contribution in [3.05, 3.63) is 59.7 Å². The number of aromatic nitrogens is 3. The summed E-state index contributed by atoms with van der Waals surface area (Å²) in [5, 5.41) is 9.87. The van der Waals surface area contributed by atoms with Crippen molar-refractivity contribution >= 4 is 11.8 Å².